The summed E-state index contributed by atoms with van der Waals surface area (Å²) in [7, 11) is 0. The van der Waals surface area contributed by atoms with Gasteiger partial charge in [-0.25, -0.2) is 9.78 Å². The Hall–Kier alpha value is -1.17. The van der Waals surface area contributed by atoms with Crippen molar-refractivity contribution in [2.75, 3.05) is 18.6 Å². The van der Waals surface area contributed by atoms with E-state index in [-0.39, 0.29) is 5.69 Å². The molecular weight excluding hydrogens is 286 g/mol. The maximum absolute atomic E-state index is 12.0. The van der Waals surface area contributed by atoms with E-state index in [1.807, 2.05) is 18.7 Å². The zero-order valence-corrected chi connectivity index (χ0v) is 13.9. The minimum Gasteiger partial charge on any atom is -0.461 e. The first-order valence-electron chi connectivity index (χ1n) is 7.70. The number of imidazole rings is 1. The fourth-order valence-corrected chi connectivity index (χ4v) is 4.08. The number of nitrogens with two attached hydrogens (primary N) is 1. The van der Waals surface area contributed by atoms with Gasteiger partial charge in [-0.3, -0.25) is 0 Å². The highest BCUT2D eigenvalue weighted by molar-refractivity contribution is 7.99. The maximum atomic E-state index is 12.0. The van der Waals surface area contributed by atoms with Crippen molar-refractivity contribution >= 4 is 23.5 Å². The Kier molecular flexibility index (Phi) is 5.56. The Balaban J connectivity index is 2.39. The number of carbonyl (C=O) groups excluding carboxylic acids is 1. The second-order valence-corrected chi connectivity index (χ2v) is 6.41. The highest BCUT2D eigenvalue weighted by Gasteiger charge is 2.31. The number of rotatable bonds is 5. The lowest BCUT2D eigenvalue weighted by Crippen LogP contribution is -2.27. The van der Waals surface area contributed by atoms with Gasteiger partial charge in [0.05, 0.1) is 6.61 Å². The number of nitrogen functional groups attached to an aromatic ring is 1. The van der Waals surface area contributed by atoms with Crippen LogP contribution < -0.4 is 5.73 Å². The number of aryl methyl sites for hydroxylation is 1. The molecule has 5 nitrogen and oxygen atoms in total. The van der Waals surface area contributed by atoms with Crippen LogP contribution in [0.4, 0.5) is 5.82 Å². The fraction of sp³-hybridized carbons (Fsp3) is 0.733. The number of carbonyl (C=O) groups is 1. The number of hydrogen-bond acceptors (Lipinski definition) is 5. The van der Waals surface area contributed by atoms with Crippen molar-refractivity contribution in [1.82, 2.24) is 9.55 Å². The van der Waals surface area contributed by atoms with E-state index in [4.69, 9.17) is 10.5 Å². The molecule has 6 heteroatoms. The fourth-order valence-electron chi connectivity index (χ4n) is 3.11. The molecule has 0 bridgehead atoms. The molecule has 21 heavy (non-hydrogen) atoms. The molecular formula is C15H25N3O2S. The van der Waals surface area contributed by atoms with Crippen molar-refractivity contribution in [2.45, 2.75) is 57.2 Å². The third kappa shape index (κ3) is 3.20. The minimum atomic E-state index is -0.417. The zero-order valence-electron chi connectivity index (χ0n) is 13.1. The van der Waals surface area contributed by atoms with E-state index in [0.29, 0.717) is 23.7 Å². The van der Waals surface area contributed by atoms with E-state index >= 15 is 0 Å². The maximum Gasteiger partial charge on any atom is 0.360 e. The summed E-state index contributed by atoms with van der Waals surface area (Å²) in [5.74, 6) is 0.942. The molecule has 2 N–H and O–H groups in total. The molecule has 118 valence electrons. The van der Waals surface area contributed by atoms with Crippen LogP contribution in [0.15, 0.2) is 0 Å². The standard InChI is InChI=1S/C15H25N3O2S/c1-4-12-17-13(15(19)20-5-2)14(16)18(12)10-8-6-7-9-11(10)21-3/h10-11H,4-9,16H2,1-3H3. The largest absolute Gasteiger partial charge is 0.461 e. The monoisotopic (exact) mass is 311 g/mol. The molecule has 2 unspecified atom stereocenters. The van der Waals surface area contributed by atoms with Crippen LogP contribution in [-0.2, 0) is 11.2 Å². The number of anilines is 1. The SMILES string of the molecule is CCOC(=O)c1nc(CC)n(C2CCCCC2SC)c1N. The van der Waals surface area contributed by atoms with E-state index in [9.17, 15) is 4.79 Å². The molecule has 0 aromatic carbocycles. The summed E-state index contributed by atoms with van der Waals surface area (Å²) in [6.07, 6.45) is 7.68. The average Bonchev–Trinajstić information content (AvgIpc) is 2.84. The van der Waals surface area contributed by atoms with Crippen LogP contribution in [0.3, 0.4) is 0 Å². The number of esters is 1. The first-order valence-corrected chi connectivity index (χ1v) is 8.99. The molecule has 2 rings (SSSR count). The average molecular weight is 311 g/mol. The van der Waals surface area contributed by atoms with Gasteiger partial charge in [0.2, 0.25) is 0 Å². The third-order valence-electron chi connectivity index (χ3n) is 4.11. The molecule has 1 saturated carbocycles. The summed E-state index contributed by atoms with van der Waals surface area (Å²) in [5.41, 5.74) is 6.53. The number of nitrogens with zero attached hydrogens (tertiary/aromatic N) is 2. The molecule has 1 aliphatic rings. The van der Waals surface area contributed by atoms with E-state index in [1.54, 1.807) is 6.92 Å². The van der Waals surface area contributed by atoms with Crippen LogP contribution in [0.25, 0.3) is 0 Å². The Morgan fingerprint density at radius 3 is 2.76 bits per heavy atom. The quantitative estimate of drug-likeness (QED) is 0.846. The van der Waals surface area contributed by atoms with Crippen molar-refractivity contribution in [2.24, 2.45) is 0 Å². The van der Waals surface area contributed by atoms with Gasteiger partial charge in [-0.15, -0.1) is 0 Å². The second kappa shape index (κ2) is 7.20. The van der Waals surface area contributed by atoms with Crippen LogP contribution in [-0.4, -0.2) is 33.6 Å². The molecule has 0 spiro atoms. The number of hydrogen-bond donors (Lipinski definition) is 1. The van der Waals surface area contributed by atoms with Crippen LogP contribution in [0.2, 0.25) is 0 Å². The Labute approximate surface area is 130 Å². The normalized spacial score (nSPS) is 22.2. The third-order valence-corrected chi connectivity index (χ3v) is 5.26. The first kappa shape index (κ1) is 16.2. The molecule has 0 amide bonds. The highest BCUT2D eigenvalue weighted by Crippen LogP contribution is 2.38. The van der Waals surface area contributed by atoms with Gasteiger partial charge in [-0.1, -0.05) is 19.8 Å². The summed E-state index contributed by atoms with van der Waals surface area (Å²) in [6.45, 7) is 4.17. The van der Waals surface area contributed by atoms with Gasteiger partial charge < -0.3 is 15.0 Å². The molecule has 0 radical (unpaired) electrons. The number of thioether (sulfide) groups is 1. The summed E-state index contributed by atoms with van der Waals surface area (Å²) < 4.78 is 7.15. The Bertz CT molecular complexity index is 501. The van der Waals surface area contributed by atoms with Crippen molar-refractivity contribution in [3.8, 4) is 0 Å². The number of aromatic nitrogens is 2. The summed E-state index contributed by atoms with van der Waals surface area (Å²) in [6, 6.07) is 0.333. The van der Waals surface area contributed by atoms with Crippen LogP contribution in [0.1, 0.15) is 61.9 Å². The van der Waals surface area contributed by atoms with Crippen molar-refractivity contribution in [3.05, 3.63) is 11.5 Å². The summed E-state index contributed by atoms with van der Waals surface area (Å²) in [5, 5.41) is 0.538. The van der Waals surface area contributed by atoms with Gasteiger partial charge >= 0.3 is 5.97 Å². The lowest BCUT2D eigenvalue weighted by atomic mass is 9.94. The summed E-state index contributed by atoms with van der Waals surface area (Å²) in [4.78, 5) is 16.4. The smallest absolute Gasteiger partial charge is 0.360 e. The predicted molar refractivity (Wildman–Crippen MR) is 86.8 cm³/mol. The van der Waals surface area contributed by atoms with Gasteiger partial charge in [-0.05, 0) is 26.0 Å². The van der Waals surface area contributed by atoms with Crippen molar-refractivity contribution in [3.63, 3.8) is 0 Å². The van der Waals surface area contributed by atoms with Gasteiger partial charge in [0.1, 0.15) is 11.6 Å². The molecule has 0 aliphatic heterocycles. The van der Waals surface area contributed by atoms with Crippen LogP contribution in [0, 0.1) is 0 Å². The second-order valence-electron chi connectivity index (χ2n) is 5.33. The zero-order chi connectivity index (χ0) is 15.4. The molecule has 1 aromatic rings. The van der Waals surface area contributed by atoms with E-state index < -0.39 is 5.97 Å². The first-order chi connectivity index (χ1) is 10.1. The van der Waals surface area contributed by atoms with Gasteiger partial charge in [0, 0.05) is 17.7 Å². The Morgan fingerprint density at radius 1 is 1.43 bits per heavy atom. The highest BCUT2D eigenvalue weighted by atomic mass is 32.2. The van der Waals surface area contributed by atoms with Gasteiger partial charge in [-0.2, -0.15) is 11.8 Å². The number of ether oxygens (including phenoxy) is 1. The summed E-state index contributed by atoms with van der Waals surface area (Å²) >= 11 is 1.88. The van der Waals surface area contributed by atoms with E-state index in [0.717, 1.165) is 18.7 Å². The Morgan fingerprint density at radius 2 is 2.14 bits per heavy atom. The van der Waals surface area contributed by atoms with Crippen molar-refractivity contribution in [1.29, 1.82) is 0 Å². The van der Waals surface area contributed by atoms with E-state index in [2.05, 4.69) is 15.8 Å². The van der Waals surface area contributed by atoms with Crippen molar-refractivity contribution < 1.29 is 9.53 Å². The van der Waals surface area contributed by atoms with E-state index in [1.165, 1.54) is 19.3 Å². The van der Waals surface area contributed by atoms with Gasteiger partial charge in [0.25, 0.3) is 0 Å². The molecule has 2 atom stereocenters. The molecule has 1 aromatic heterocycles. The lowest BCUT2D eigenvalue weighted by Gasteiger charge is -2.33. The minimum absolute atomic E-state index is 0.277. The lowest BCUT2D eigenvalue weighted by molar-refractivity contribution is 0.0521. The molecule has 0 saturated heterocycles. The predicted octanol–water partition coefficient (Wildman–Crippen LogP) is 3.05. The molecule has 1 fully saturated rings. The molecule has 1 heterocycles. The molecule has 1 aliphatic carbocycles. The van der Waals surface area contributed by atoms with Gasteiger partial charge in [0.15, 0.2) is 5.69 Å². The topological polar surface area (TPSA) is 70.1 Å². The van der Waals surface area contributed by atoms with Crippen LogP contribution >= 0.6 is 11.8 Å². The van der Waals surface area contributed by atoms with Crippen LogP contribution in [0.5, 0.6) is 0 Å².